The summed E-state index contributed by atoms with van der Waals surface area (Å²) < 4.78 is 1.91. The first kappa shape index (κ1) is 24.2. The van der Waals surface area contributed by atoms with Crippen LogP contribution in [0.3, 0.4) is 0 Å². The van der Waals surface area contributed by atoms with Crippen molar-refractivity contribution in [3.05, 3.63) is 53.0 Å². The molecule has 0 aliphatic carbocycles. The average Bonchev–Trinajstić information content (AvgIpc) is 3.20. The molecule has 0 bridgehead atoms. The first-order valence-corrected chi connectivity index (χ1v) is 10.5. The van der Waals surface area contributed by atoms with Crippen LogP contribution in [0.5, 0.6) is 0 Å². The number of hydrogen-bond acceptors (Lipinski definition) is 2. The van der Waals surface area contributed by atoms with E-state index < -0.39 is 0 Å². The Labute approximate surface area is 197 Å². The van der Waals surface area contributed by atoms with E-state index in [2.05, 4.69) is 85.5 Å². The van der Waals surface area contributed by atoms with Crippen molar-refractivity contribution in [2.24, 2.45) is 12.0 Å². The number of halogens is 1. The molecule has 7 heteroatoms. The van der Waals surface area contributed by atoms with Crippen molar-refractivity contribution in [1.82, 2.24) is 25.0 Å². The van der Waals surface area contributed by atoms with Crippen LogP contribution in [0.1, 0.15) is 49.2 Å². The van der Waals surface area contributed by atoms with Crippen LogP contribution in [0, 0.1) is 6.92 Å². The molecule has 6 nitrogen and oxygen atoms in total. The van der Waals surface area contributed by atoms with E-state index in [1.54, 1.807) is 0 Å². The van der Waals surface area contributed by atoms with Gasteiger partial charge in [0.15, 0.2) is 5.96 Å². The van der Waals surface area contributed by atoms with E-state index in [1.165, 1.54) is 27.7 Å². The van der Waals surface area contributed by atoms with Gasteiger partial charge in [0.1, 0.15) is 0 Å². The van der Waals surface area contributed by atoms with Gasteiger partial charge < -0.3 is 15.2 Å². The van der Waals surface area contributed by atoms with Gasteiger partial charge in [-0.05, 0) is 37.8 Å². The summed E-state index contributed by atoms with van der Waals surface area (Å²) in [5, 5.41) is 9.36. The Hall–Kier alpha value is -2.03. The number of nitrogens with zero attached hydrogens (tertiary/aromatic N) is 4. The van der Waals surface area contributed by atoms with Crippen LogP contribution in [-0.2, 0) is 20.0 Å². The fourth-order valence-electron chi connectivity index (χ4n) is 3.89. The summed E-state index contributed by atoms with van der Waals surface area (Å²) in [5.41, 5.74) is 6.20. The van der Waals surface area contributed by atoms with Crippen LogP contribution in [0.15, 0.2) is 35.5 Å². The monoisotopic (exact) mass is 522 g/mol. The Morgan fingerprint density at radius 1 is 1.30 bits per heavy atom. The number of aromatic amines is 1. The fraction of sp³-hybridized carbons (Fsp3) is 0.478. The number of hydrogen-bond donors (Lipinski definition) is 2. The van der Waals surface area contributed by atoms with Gasteiger partial charge in [-0.25, -0.2) is 0 Å². The third kappa shape index (κ3) is 5.56. The van der Waals surface area contributed by atoms with Crippen molar-refractivity contribution in [3.63, 3.8) is 0 Å². The molecule has 1 aromatic carbocycles. The third-order valence-electron chi connectivity index (χ3n) is 5.24. The molecule has 3 rings (SSSR count). The lowest BCUT2D eigenvalue weighted by molar-refractivity contribution is 0.473. The molecule has 2 aromatic heterocycles. The van der Waals surface area contributed by atoms with Crippen LogP contribution in [0.2, 0.25) is 0 Å². The first-order valence-electron chi connectivity index (χ1n) is 10.5. The zero-order valence-electron chi connectivity index (χ0n) is 19.0. The number of benzene rings is 1. The number of aliphatic imine (C=N–C) groups is 1. The standard InChI is InChI=1S/C23H34N6.HI/c1-7-24-23(28(5)14-18-15-29(6)27-22(18)16(2)3)25-13-12-19-17(4)26-21-11-9-8-10-20(19)21;/h8-11,15-16,26H,7,12-14H2,1-6H3,(H,24,25);1H. The number of H-pyrrole nitrogens is 1. The van der Waals surface area contributed by atoms with E-state index in [-0.39, 0.29) is 24.0 Å². The summed E-state index contributed by atoms with van der Waals surface area (Å²) in [5.74, 6) is 1.34. The predicted octanol–water partition coefficient (Wildman–Crippen LogP) is 4.59. The molecule has 0 saturated heterocycles. The van der Waals surface area contributed by atoms with E-state index >= 15 is 0 Å². The quantitative estimate of drug-likeness (QED) is 0.271. The summed E-state index contributed by atoms with van der Waals surface area (Å²) in [6, 6.07) is 8.49. The summed E-state index contributed by atoms with van der Waals surface area (Å²) >= 11 is 0. The number of fused-ring (bicyclic) bond motifs is 1. The van der Waals surface area contributed by atoms with Crippen molar-refractivity contribution in [2.75, 3.05) is 20.1 Å². The van der Waals surface area contributed by atoms with Crippen molar-refractivity contribution < 1.29 is 0 Å². The molecule has 2 heterocycles. The van der Waals surface area contributed by atoms with Gasteiger partial charge in [-0.1, -0.05) is 32.0 Å². The van der Waals surface area contributed by atoms with E-state index in [0.717, 1.165) is 37.7 Å². The summed E-state index contributed by atoms with van der Waals surface area (Å²) in [4.78, 5) is 10.6. The van der Waals surface area contributed by atoms with Gasteiger partial charge >= 0.3 is 0 Å². The van der Waals surface area contributed by atoms with Gasteiger partial charge in [0, 0.05) is 62.1 Å². The lowest BCUT2D eigenvalue weighted by atomic mass is 10.1. The van der Waals surface area contributed by atoms with Crippen LogP contribution < -0.4 is 5.32 Å². The largest absolute Gasteiger partial charge is 0.358 e. The molecule has 0 aliphatic heterocycles. The van der Waals surface area contributed by atoms with Crippen LogP contribution in [0.4, 0.5) is 0 Å². The molecular formula is C23H35IN6. The molecule has 0 atom stereocenters. The summed E-state index contributed by atoms with van der Waals surface area (Å²) in [6.07, 6.45) is 3.04. The van der Waals surface area contributed by atoms with Crippen LogP contribution in [-0.4, -0.2) is 45.8 Å². The summed E-state index contributed by atoms with van der Waals surface area (Å²) in [6.45, 7) is 11.0. The van der Waals surface area contributed by atoms with Gasteiger partial charge in [0.05, 0.1) is 5.69 Å². The van der Waals surface area contributed by atoms with Crippen molar-refractivity contribution in [1.29, 1.82) is 0 Å². The van der Waals surface area contributed by atoms with Crippen molar-refractivity contribution >= 4 is 40.8 Å². The Bertz CT molecular complexity index is 985. The SMILES string of the molecule is CCNC(=NCCc1c(C)[nH]c2ccccc12)N(C)Cc1cn(C)nc1C(C)C.I. The van der Waals surface area contributed by atoms with E-state index in [0.29, 0.717) is 5.92 Å². The molecule has 0 spiro atoms. The second kappa shape index (κ2) is 10.8. The number of nitrogens with one attached hydrogen (secondary N) is 2. The maximum absolute atomic E-state index is 4.90. The number of aromatic nitrogens is 3. The average molecular weight is 522 g/mol. The van der Waals surface area contributed by atoms with E-state index in [4.69, 9.17) is 4.99 Å². The third-order valence-corrected chi connectivity index (χ3v) is 5.24. The number of rotatable bonds is 7. The highest BCUT2D eigenvalue weighted by Gasteiger charge is 2.15. The van der Waals surface area contributed by atoms with Gasteiger partial charge in [-0.2, -0.15) is 5.10 Å². The highest BCUT2D eigenvalue weighted by atomic mass is 127. The minimum Gasteiger partial charge on any atom is -0.358 e. The summed E-state index contributed by atoms with van der Waals surface area (Å²) in [7, 11) is 4.08. The minimum atomic E-state index is 0. The Kier molecular flexibility index (Phi) is 8.76. The van der Waals surface area contributed by atoms with Gasteiger partial charge in [0.2, 0.25) is 0 Å². The van der Waals surface area contributed by atoms with Gasteiger partial charge in [0.25, 0.3) is 0 Å². The second-order valence-corrected chi connectivity index (χ2v) is 7.98. The van der Waals surface area contributed by atoms with E-state index in [1.807, 2.05) is 11.7 Å². The molecule has 30 heavy (non-hydrogen) atoms. The normalized spacial score (nSPS) is 11.8. The Morgan fingerprint density at radius 3 is 2.73 bits per heavy atom. The molecule has 0 radical (unpaired) electrons. The second-order valence-electron chi connectivity index (χ2n) is 7.98. The zero-order chi connectivity index (χ0) is 21.0. The minimum absolute atomic E-state index is 0. The Balaban J connectivity index is 0.00000320. The van der Waals surface area contributed by atoms with Crippen molar-refractivity contribution in [2.45, 2.75) is 46.6 Å². The number of guanidine groups is 1. The number of para-hydroxylation sites is 1. The maximum Gasteiger partial charge on any atom is 0.193 e. The molecule has 3 aromatic rings. The molecule has 2 N–H and O–H groups in total. The molecular weight excluding hydrogens is 487 g/mol. The highest BCUT2D eigenvalue weighted by Crippen LogP contribution is 2.22. The van der Waals surface area contributed by atoms with Crippen LogP contribution in [0.25, 0.3) is 10.9 Å². The molecule has 0 aliphatic rings. The van der Waals surface area contributed by atoms with Crippen LogP contribution >= 0.6 is 24.0 Å². The highest BCUT2D eigenvalue weighted by molar-refractivity contribution is 14.0. The molecule has 0 amide bonds. The topological polar surface area (TPSA) is 61.2 Å². The Morgan fingerprint density at radius 2 is 2.03 bits per heavy atom. The molecule has 0 fully saturated rings. The lowest BCUT2D eigenvalue weighted by Crippen LogP contribution is -2.38. The van der Waals surface area contributed by atoms with Gasteiger partial charge in [-0.15, -0.1) is 24.0 Å². The first-order chi connectivity index (χ1) is 13.9. The van der Waals surface area contributed by atoms with E-state index in [9.17, 15) is 0 Å². The zero-order valence-corrected chi connectivity index (χ0v) is 21.3. The molecule has 0 unspecified atom stereocenters. The fourth-order valence-corrected chi connectivity index (χ4v) is 3.89. The molecule has 0 saturated carbocycles. The smallest absolute Gasteiger partial charge is 0.193 e. The molecule has 164 valence electrons. The lowest BCUT2D eigenvalue weighted by Gasteiger charge is -2.22. The maximum atomic E-state index is 4.90. The van der Waals surface area contributed by atoms with Gasteiger partial charge in [-0.3, -0.25) is 9.67 Å². The van der Waals surface area contributed by atoms with Crippen molar-refractivity contribution in [3.8, 4) is 0 Å². The predicted molar refractivity (Wildman–Crippen MR) is 137 cm³/mol. The number of aryl methyl sites for hydroxylation is 2.